The van der Waals surface area contributed by atoms with E-state index in [2.05, 4.69) is 36.7 Å². The molecule has 1 nitrogen and oxygen atoms in total. The van der Waals surface area contributed by atoms with Crippen LogP contribution in [0.2, 0.25) is 0 Å². The molecule has 0 amide bonds. The Hall–Kier alpha value is -0.810. The fraction of sp³-hybridized carbons (Fsp3) is 0.667. The van der Waals surface area contributed by atoms with Crippen molar-refractivity contribution in [2.45, 2.75) is 52.4 Å². The molecule has 1 aliphatic carbocycles. The lowest BCUT2D eigenvalue weighted by atomic mass is 9.64. The molecule has 0 unspecified atom stereocenters. The van der Waals surface area contributed by atoms with E-state index in [1.807, 2.05) is 0 Å². The van der Waals surface area contributed by atoms with Gasteiger partial charge in [0.25, 0.3) is 0 Å². The molecule has 1 aromatic heterocycles. The molecule has 0 aromatic carbocycles. The number of thiophene rings is 1. The van der Waals surface area contributed by atoms with Crippen molar-refractivity contribution in [3.05, 3.63) is 22.4 Å². The molecule has 0 saturated heterocycles. The highest BCUT2D eigenvalue weighted by atomic mass is 32.1. The first-order chi connectivity index (χ1) is 8.05. The summed E-state index contributed by atoms with van der Waals surface area (Å²) in [6, 6.07) is 4.80. The van der Waals surface area contributed by atoms with Gasteiger partial charge in [-0.25, -0.2) is 0 Å². The molecule has 17 heavy (non-hydrogen) atoms. The van der Waals surface area contributed by atoms with Crippen molar-refractivity contribution in [2.75, 3.05) is 0 Å². The summed E-state index contributed by atoms with van der Waals surface area (Å²) in [5.41, 5.74) is 1.80. The summed E-state index contributed by atoms with van der Waals surface area (Å²) in [6.07, 6.45) is 6.67. The molecule has 1 saturated carbocycles. The highest BCUT2D eigenvalue weighted by Crippen LogP contribution is 2.47. The van der Waals surface area contributed by atoms with Gasteiger partial charge in [0.15, 0.2) is 0 Å². The zero-order valence-electron chi connectivity index (χ0n) is 10.8. The summed E-state index contributed by atoms with van der Waals surface area (Å²) >= 11 is 1.75. The second-order valence-corrected chi connectivity index (χ2v) is 6.97. The van der Waals surface area contributed by atoms with Gasteiger partial charge in [0.2, 0.25) is 0 Å². The summed E-state index contributed by atoms with van der Waals surface area (Å²) in [4.78, 5) is 0. The Morgan fingerprint density at radius 1 is 1.29 bits per heavy atom. The fourth-order valence-electron chi connectivity index (χ4n) is 2.64. The predicted molar refractivity (Wildman–Crippen MR) is 72.9 cm³/mol. The lowest BCUT2D eigenvalue weighted by Crippen LogP contribution is -2.30. The Labute approximate surface area is 108 Å². The second kappa shape index (κ2) is 4.82. The van der Waals surface area contributed by atoms with Gasteiger partial charge >= 0.3 is 0 Å². The second-order valence-electron chi connectivity index (χ2n) is 6.19. The van der Waals surface area contributed by atoms with Crippen LogP contribution in [0.4, 0.5) is 0 Å². The molecule has 0 spiro atoms. The van der Waals surface area contributed by atoms with Crippen LogP contribution in [0.1, 0.15) is 51.5 Å². The molecular weight excluding hydrogens is 226 g/mol. The lowest BCUT2D eigenvalue weighted by molar-refractivity contribution is 0.138. The van der Waals surface area contributed by atoms with Gasteiger partial charge in [-0.05, 0) is 66.3 Å². The summed E-state index contributed by atoms with van der Waals surface area (Å²) in [6.45, 7) is 4.65. The van der Waals surface area contributed by atoms with Crippen molar-refractivity contribution in [1.82, 2.24) is 0 Å². The molecule has 1 fully saturated rings. The van der Waals surface area contributed by atoms with E-state index >= 15 is 0 Å². The Morgan fingerprint density at radius 2 is 2.00 bits per heavy atom. The molecule has 0 radical (unpaired) electrons. The summed E-state index contributed by atoms with van der Waals surface area (Å²) < 4.78 is 0. The van der Waals surface area contributed by atoms with Gasteiger partial charge in [0.1, 0.15) is 0 Å². The summed E-state index contributed by atoms with van der Waals surface area (Å²) in [5, 5.41) is 13.8. The standard InChI is InChI=1S/C15H21NS/c1-14(2)6-8-15(12-16,9-7-14)5-3-13-4-10-17-11-13/h4,10-11H,3,5-9H2,1-2H3. The normalized spacial score (nSPS) is 21.9. The third-order valence-electron chi connectivity index (χ3n) is 4.27. The van der Waals surface area contributed by atoms with Crippen LogP contribution in [0.25, 0.3) is 0 Å². The van der Waals surface area contributed by atoms with Crippen molar-refractivity contribution in [3.63, 3.8) is 0 Å². The first kappa shape index (κ1) is 12.6. The number of hydrogen-bond donors (Lipinski definition) is 0. The van der Waals surface area contributed by atoms with Crippen LogP contribution in [0.3, 0.4) is 0 Å². The van der Waals surface area contributed by atoms with E-state index in [4.69, 9.17) is 0 Å². The third-order valence-corrected chi connectivity index (χ3v) is 5.00. The molecule has 1 aromatic rings. The first-order valence-electron chi connectivity index (χ1n) is 6.48. The Bertz CT molecular complexity index is 387. The van der Waals surface area contributed by atoms with E-state index in [1.54, 1.807) is 11.3 Å². The fourth-order valence-corrected chi connectivity index (χ4v) is 3.34. The van der Waals surface area contributed by atoms with E-state index in [1.165, 1.54) is 18.4 Å². The van der Waals surface area contributed by atoms with Gasteiger partial charge in [-0.2, -0.15) is 16.6 Å². The first-order valence-corrected chi connectivity index (χ1v) is 7.42. The SMILES string of the molecule is CC1(C)CCC(C#N)(CCc2ccsc2)CC1. The van der Waals surface area contributed by atoms with Gasteiger partial charge in [-0.1, -0.05) is 13.8 Å². The largest absolute Gasteiger partial charge is 0.198 e. The molecule has 2 rings (SSSR count). The van der Waals surface area contributed by atoms with Gasteiger partial charge in [-0.3, -0.25) is 0 Å². The van der Waals surface area contributed by atoms with Crippen molar-refractivity contribution >= 4 is 11.3 Å². The highest BCUT2D eigenvalue weighted by molar-refractivity contribution is 7.07. The predicted octanol–water partition coefficient (Wildman–Crippen LogP) is 4.79. The average Bonchev–Trinajstić information content (AvgIpc) is 2.82. The Kier molecular flexibility index (Phi) is 3.58. The van der Waals surface area contributed by atoms with E-state index in [0.717, 1.165) is 25.7 Å². The van der Waals surface area contributed by atoms with Crippen LogP contribution in [-0.4, -0.2) is 0 Å². The molecule has 1 heterocycles. The van der Waals surface area contributed by atoms with E-state index in [0.29, 0.717) is 5.41 Å². The van der Waals surface area contributed by atoms with E-state index in [-0.39, 0.29) is 5.41 Å². The van der Waals surface area contributed by atoms with Gasteiger partial charge < -0.3 is 0 Å². The summed E-state index contributed by atoms with van der Waals surface area (Å²) in [5.74, 6) is 0. The molecule has 92 valence electrons. The quantitative estimate of drug-likeness (QED) is 0.753. The maximum Gasteiger partial charge on any atom is 0.0689 e. The maximum atomic E-state index is 9.49. The van der Waals surface area contributed by atoms with Crippen molar-refractivity contribution < 1.29 is 0 Å². The molecule has 2 heteroatoms. The molecule has 0 N–H and O–H groups in total. The van der Waals surface area contributed by atoms with Gasteiger partial charge in [-0.15, -0.1) is 0 Å². The number of aryl methyl sites for hydroxylation is 1. The minimum Gasteiger partial charge on any atom is -0.198 e. The van der Waals surface area contributed by atoms with Crippen LogP contribution >= 0.6 is 11.3 Å². The topological polar surface area (TPSA) is 23.8 Å². The van der Waals surface area contributed by atoms with Crippen LogP contribution in [0.5, 0.6) is 0 Å². The molecule has 0 bridgehead atoms. The monoisotopic (exact) mass is 247 g/mol. The third kappa shape index (κ3) is 3.10. The number of nitrogens with zero attached hydrogens (tertiary/aromatic N) is 1. The van der Waals surface area contributed by atoms with Crippen LogP contribution in [0, 0.1) is 22.2 Å². The number of rotatable bonds is 3. The maximum absolute atomic E-state index is 9.49. The molecular formula is C15H21NS. The number of nitriles is 1. The Balaban J connectivity index is 1.95. The molecule has 1 aliphatic rings. The summed E-state index contributed by atoms with van der Waals surface area (Å²) in [7, 11) is 0. The minimum absolute atomic E-state index is 0.0442. The smallest absolute Gasteiger partial charge is 0.0689 e. The Morgan fingerprint density at radius 3 is 2.53 bits per heavy atom. The molecule has 0 aliphatic heterocycles. The van der Waals surface area contributed by atoms with Gasteiger partial charge in [0.05, 0.1) is 11.5 Å². The zero-order chi connectivity index (χ0) is 12.4. The average molecular weight is 247 g/mol. The van der Waals surface area contributed by atoms with Crippen LogP contribution in [0.15, 0.2) is 16.8 Å². The van der Waals surface area contributed by atoms with E-state index in [9.17, 15) is 5.26 Å². The number of hydrogen-bond acceptors (Lipinski definition) is 2. The van der Waals surface area contributed by atoms with Crippen LogP contribution in [-0.2, 0) is 6.42 Å². The minimum atomic E-state index is -0.0442. The lowest BCUT2D eigenvalue weighted by Gasteiger charge is -2.39. The van der Waals surface area contributed by atoms with E-state index < -0.39 is 0 Å². The van der Waals surface area contributed by atoms with Crippen molar-refractivity contribution in [2.24, 2.45) is 10.8 Å². The van der Waals surface area contributed by atoms with Crippen molar-refractivity contribution in [3.8, 4) is 6.07 Å². The molecule has 0 atom stereocenters. The van der Waals surface area contributed by atoms with Gasteiger partial charge in [0, 0.05) is 0 Å². The van der Waals surface area contributed by atoms with Crippen molar-refractivity contribution in [1.29, 1.82) is 5.26 Å². The highest BCUT2D eigenvalue weighted by Gasteiger charge is 2.38. The zero-order valence-corrected chi connectivity index (χ0v) is 11.6. The van der Waals surface area contributed by atoms with Crippen LogP contribution < -0.4 is 0 Å².